The normalized spacial score (nSPS) is 16.5. The summed E-state index contributed by atoms with van der Waals surface area (Å²) in [4.78, 5) is 19.5. The molecule has 0 spiro atoms. The van der Waals surface area contributed by atoms with Crippen LogP contribution < -0.4 is 0 Å². The van der Waals surface area contributed by atoms with Gasteiger partial charge in [0.05, 0.1) is 0 Å². The van der Waals surface area contributed by atoms with Crippen molar-refractivity contribution in [1.82, 2.24) is 0 Å². The highest BCUT2D eigenvalue weighted by Gasteiger charge is 2.14. The molecule has 1 aliphatic carbocycles. The molecule has 0 atom stereocenters. The summed E-state index contributed by atoms with van der Waals surface area (Å²) in [6.45, 7) is 1.48. The molecule has 1 rings (SSSR count). The van der Waals surface area contributed by atoms with E-state index >= 15 is 0 Å². The van der Waals surface area contributed by atoms with E-state index in [-0.39, 0.29) is 12.1 Å². The lowest BCUT2D eigenvalue weighted by atomic mass is 9.98. The van der Waals surface area contributed by atoms with Gasteiger partial charge in [0.15, 0.2) is 0 Å². The van der Waals surface area contributed by atoms with Gasteiger partial charge in [-0.1, -0.05) is 6.42 Å². The molecule has 0 unspecified atom stereocenters. The maximum atomic E-state index is 10.5. The quantitative estimate of drug-likeness (QED) is 0.521. The van der Waals surface area contributed by atoms with Crippen LogP contribution in [0.15, 0.2) is 0 Å². The minimum Gasteiger partial charge on any atom is -0.463 e. The molecule has 1 saturated carbocycles. The second-order valence-corrected chi connectivity index (χ2v) is 3.98. The fourth-order valence-corrected chi connectivity index (χ4v) is 1.42. The molecule has 0 aromatic heterocycles. The first-order chi connectivity index (χ1) is 6.52. The van der Waals surface area contributed by atoms with Crippen molar-refractivity contribution in [3.05, 3.63) is 0 Å². The Morgan fingerprint density at radius 1 is 1.14 bits per heavy atom. The first-order valence-corrected chi connectivity index (χ1v) is 5.30. The third-order valence-electron chi connectivity index (χ3n) is 1.88. The van der Waals surface area contributed by atoms with Crippen LogP contribution in [0.2, 0.25) is 0 Å². The Labute approximate surface area is 93.7 Å². The van der Waals surface area contributed by atoms with Gasteiger partial charge in [-0.05, 0) is 48.9 Å². The average molecular weight is 241 g/mol. The Hall–Kier alpha value is -0.280. The Bertz CT molecular complexity index is 184. The maximum absolute atomic E-state index is 10.5. The SMILES string of the molecule is CC(=O)OC1CCCCC1.O=C(Cl)Cl. The zero-order chi connectivity index (χ0) is 11.0. The number of rotatable bonds is 1. The second-order valence-electron chi connectivity index (χ2n) is 3.10. The third kappa shape index (κ3) is 9.81. The summed E-state index contributed by atoms with van der Waals surface area (Å²) in [7, 11) is 0. The summed E-state index contributed by atoms with van der Waals surface area (Å²) in [5.74, 6) is -0.132. The Kier molecular flexibility index (Phi) is 7.90. The second kappa shape index (κ2) is 8.06. The van der Waals surface area contributed by atoms with Crippen molar-refractivity contribution in [1.29, 1.82) is 0 Å². The van der Waals surface area contributed by atoms with E-state index in [1.165, 1.54) is 26.2 Å². The third-order valence-corrected chi connectivity index (χ3v) is 1.88. The number of ether oxygens (including phenoxy) is 1. The van der Waals surface area contributed by atoms with Crippen molar-refractivity contribution in [2.24, 2.45) is 0 Å². The highest BCUT2D eigenvalue weighted by molar-refractivity contribution is 6.93. The summed E-state index contributed by atoms with van der Waals surface area (Å²) >= 11 is 8.80. The van der Waals surface area contributed by atoms with E-state index in [1.807, 2.05) is 0 Å². The van der Waals surface area contributed by atoms with Gasteiger partial charge in [0.1, 0.15) is 6.10 Å². The van der Waals surface area contributed by atoms with Crippen LogP contribution in [0.4, 0.5) is 4.79 Å². The van der Waals surface area contributed by atoms with Gasteiger partial charge in [0.25, 0.3) is 0 Å². The molecule has 5 heteroatoms. The molecular weight excluding hydrogens is 227 g/mol. The van der Waals surface area contributed by atoms with Gasteiger partial charge in [-0.3, -0.25) is 9.59 Å². The number of carbonyl (C=O) groups is 2. The van der Waals surface area contributed by atoms with E-state index in [1.54, 1.807) is 0 Å². The van der Waals surface area contributed by atoms with Crippen molar-refractivity contribution < 1.29 is 14.3 Å². The molecule has 0 aliphatic heterocycles. The molecule has 0 aromatic carbocycles. The van der Waals surface area contributed by atoms with Crippen LogP contribution >= 0.6 is 23.2 Å². The molecule has 0 saturated heterocycles. The fraction of sp³-hybridized carbons (Fsp3) is 0.778. The molecule has 1 aliphatic rings. The van der Waals surface area contributed by atoms with E-state index in [2.05, 4.69) is 23.2 Å². The number of halogens is 2. The first kappa shape index (κ1) is 13.7. The van der Waals surface area contributed by atoms with Gasteiger partial charge < -0.3 is 4.74 Å². The molecule has 0 aromatic rings. The average Bonchev–Trinajstić information content (AvgIpc) is 2.03. The lowest BCUT2D eigenvalue weighted by molar-refractivity contribution is -0.147. The standard InChI is InChI=1S/C8H14O2.CCl2O/c1-7(9)10-8-5-3-2-4-6-8;2-1(3)4/h8H,2-6H2,1H3;. The van der Waals surface area contributed by atoms with E-state index in [0.29, 0.717) is 0 Å². The van der Waals surface area contributed by atoms with Crippen LogP contribution in [0.5, 0.6) is 0 Å². The number of esters is 1. The number of hydrogen-bond donors (Lipinski definition) is 0. The van der Waals surface area contributed by atoms with Crippen LogP contribution in [0.1, 0.15) is 39.0 Å². The molecule has 1 fully saturated rings. The molecule has 0 bridgehead atoms. The smallest absolute Gasteiger partial charge is 0.313 e. The van der Waals surface area contributed by atoms with Crippen molar-refractivity contribution in [3.63, 3.8) is 0 Å². The lowest BCUT2D eigenvalue weighted by Gasteiger charge is -2.20. The minimum absolute atomic E-state index is 0.132. The van der Waals surface area contributed by atoms with E-state index in [9.17, 15) is 4.79 Å². The van der Waals surface area contributed by atoms with E-state index < -0.39 is 4.70 Å². The molecule has 3 nitrogen and oxygen atoms in total. The van der Waals surface area contributed by atoms with Crippen LogP contribution in [-0.4, -0.2) is 16.8 Å². The van der Waals surface area contributed by atoms with Gasteiger partial charge in [-0.2, -0.15) is 0 Å². The Morgan fingerprint density at radius 2 is 1.57 bits per heavy atom. The number of hydrogen-bond acceptors (Lipinski definition) is 3. The summed E-state index contributed by atoms with van der Waals surface area (Å²) in [5.41, 5.74) is 0. The highest BCUT2D eigenvalue weighted by Crippen LogP contribution is 2.19. The lowest BCUT2D eigenvalue weighted by Crippen LogP contribution is -2.18. The van der Waals surface area contributed by atoms with Crippen molar-refractivity contribution in [2.45, 2.75) is 45.1 Å². The zero-order valence-corrected chi connectivity index (χ0v) is 9.61. The molecule has 0 heterocycles. The number of carbonyl (C=O) groups excluding carboxylic acids is 2. The molecular formula is C9H14Cl2O3. The van der Waals surface area contributed by atoms with Crippen LogP contribution in [0.3, 0.4) is 0 Å². The predicted octanol–water partition coefficient (Wildman–Crippen LogP) is 3.47. The van der Waals surface area contributed by atoms with Crippen molar-refractivity contribution in [3.8, 4) is 0 Å². The monoisotopic (exact) mass is 240 g/mol. The molecule has 82 valence electrons. The highest BCUT2D eigenvalue weighted by atomic mass is 35.5. The van der Waals surface area contributed by atoms with E-state index in [0.717, 1.165) is 12.8 Å². The minimum atomic E-state index is -0.889. The van der Waals surface area contributed by atoms with Crippen LogP contribution in [0, 0.1) is 0 Å². The molecule has 14 heavy (non-hydrogen) atoms. The van der Waals surface area contributed by atoms with Gasteiger partial charge in [-0.25, -0.2) is 0 Å². The Morgan fingerprint density at radius 3 is 1.93 bits per heavy atom. The maximum Gasteiger partial charge on any atom is 0.313 e. The summed E-state index contributed by atoms with van der Waals surface area (Å²) in [6.07, 6.45) is 6.11. The van der Waals surface area contributed by atoms with Gasteiger partial charge in [0.2, 0.25) is 0 Å². The molecule has 0 N–H and O–H groups in total. The zero-order valence-electron chi connectivity index (χ0n) is 8.09. The Balaban J connectivity index is 0.000000364. The topological polar surface area (TPSA) is 43.4 Å². The molecule has 0 radical (unpaired) electrons. The predicted molar refractivity (Wildman–Crippen MR) is 55.7 cm³/mol. The first-order valence-electron chi connectivity index (χ1n) is 4.54. The fourth-order valence-electron chi connectivity index (χ4n) is 1.42. The molecule has 0 amide bonds. The van der Waals surface area contributed by atoms with Gasteiger partial charge in [0, 0.05) is 6.92 Å². The van der Waals surface area contributed by atoms with Crippen molar-refractivity contribution >= 4 is 33.9 Å². The van der Waals surface area contributed by atoms with Crippen LogP contribution in [0.25, 0.3) is 0 Å². The summed E-state index contributed by atoms with van der Waals surface area (Å²) in [6, 6.07) is 0. The van der Waals surface area contributed by atoms with Crippen LogP contribution in [-0.2, 0) is 9.53 Å². The van der Waals surface area contributed by atoms with Gasteiger partial charge >= 0.3 is 10.7 Å². The van der Waals surface area contributed by atoms with Crippen molar-refractivity contribution in [2.75, 3.05) is 0 Å². The summed E-state index contributed by atoms with van der Waals surface area (Å²) < 4.78 is 4.16. The van der Waals surface area contributed by atoms with Gasteiger partial charge in [-0.15, -0.1) is 0 Å². The summed E-state index contributed by atoms with van der Waals surface area (Å²) in [5, 5.41) is 0. The van der Waals surface area contributed by atoms with E-state index in [4.69, 9.17) is 9.53 Å². The largest absolute Gasteiger partial charge is 0.463 e.